The molecule has 300 valence electrons. The smallest absolute Gasteiger partial charge is 0.303 e. The molecule has 0 amide bonds. The van der Waals surface area contributed by atoms with Crippen molar-refractivity contribution in [2.24, 2.45) is 63.1 Å². The Morgan fingerprint density at radius 1 is 0.648 bits per heavy atom. The van der Waals surface area contributed by atoms with E-state index >= 15 is 0 Å². The molecule has 0 aromatic rings. The van der Waals surface area contributed by atoms with E-state index in [0.717, 1.165) is 89.9 Å². The second-order valence-electron chi connectivity index (χ2n) is 20.2. The number of hydrogen-bond donors (Lipinski definition) is 2. The van der Waals surface area contributed by atoms with Crippen LogP contribution in [0.3, 0.4) is 0 Å². The highest BCUT2D eigenvalue weighted by Crippen LogP contribution is 2.69. The lowest BCUT2D eigenvalue weighted by atomic mass is 9.46. The number of allylic oxidation sites excluding steroid dienone is 2. The molecule has 0 spiro atoms. The van der Waals surface area contributed by atoms with Gasteiger partial charge >= 0.3 is 11.9 Å². The van der Waals surface area contributed by atoms with E-state index < -0.39 is 5.60 Å². The second kappa shape index (κ2) is 14.3. The summed E-state index contributed by atoms with van der Waals surface area (Å²) >= 11 is 0. The number of aliphatic hydroxyl groups is 2. The summed E-state index contributed by atoms with van der Waals surface area (Å²) in [7, 11) is 0. The van der Waals surface area contributed by atoms with Crippen molar-refractivity contribution in [2.75, 3.05) is 6.61 Å². The molecule has 8 aliphatic carbocycles. The third-order valence-electron chi connectivity index (χ3n) is 18.0. The van der Waals surface area contributed by atoms with Gasteiger partial charge in [0.1, 0.15) is 6.61 Å². The van der Waals surface area contributed by atoms with Gasteiger partial charge in [0.25, 0.3) is 0 Å². The number of hydrogen-bond acceptors (Lipinski definition) is 8. The third-order valence-corrected chi connectivity index (χ3v) is 18.0. The standard InChI is InChI=1S/2C23H34O4/c1-14(24)23(27-15(2)25)12-9-20-18-6-5-16-13-17(26)7-10-21(16,3)19(18)8-11-22(20,23)4;1-14(24)27-13-21(26)20-7-6-18-17-5-4-15-12-16(25)8-10-22(15,2)19(17)9-11-23(18,20)3/h5,17-20,26H,6-13H2,1-4H3;4,16-20,25H,5-13H2,1-3H3/t17-,18+,19-,20-,21-,22-,23-;16-,17?,18?,19?,20+,22-,23-/m00/s1. The van der Waals surface area contributed by atoms with Gasteiger partial charge in [0.15, 0.2) is 17.2 Å². The molecule has 8 nitrogen and oxygen atoms in total. The first-order valence-corrected chi connectivity index (χ1v) is 21.5. The summed E-state index contributed by atoms with van der Waals surface area (Å²) in [6.07, 6.45) is 20.3. The Morgan fingerprint density at radius 3 is 1.72 bits per heavy atom. The number of rotatable bonds is 5. The first-order valence-electron chi connectivity index (χ1n) is 21.5. The van der Waals surface area contributed by atoms with E-state index in [-0.39, 0.29) is 69.9 Å². The number of carbonyl (C=O) groups is 4. The zero-order valence-corrected chi connectivity index (χ0v) is 34.2. The van der Waals surface area contributed by atoms with Gasteiger partial charge in [0.05, 0.1) is 12.2 Å². The largest absolute Gasteiger partial charge is 0.458 e. The predicted molar refractivity (Wildman–Crippen MR) is 206 cm³/mol. The quantitative estimate of drug-likeness (QED) is 0.213. The molecule has 0 aromatic carbocycles. The second-order valence-corrected chi connectivity index (χ2v) is 20.2. The van der Waals surface area contributed by atoms with Crippen molar-refractivity contribution in [1.29, 1.82) is 0 Å². The predicted octanol–water partition coefficient (Wildman–Crippen LogP) is 8.26. The molecule has 0 aliphatic heterocycles. The Labute approximate surface area is 323 Å². The molecule has 8 rings (SSSR count). The van der Waals surface area contributed by atoms with Crippen molar-refractivity contribution in [3.05, 3.63) is 23.3 Å². The summed E-state index contributed by atoms with van der Waals surface area (Å²) in [5.74, 6) is 2.96. The average Bonchev–Trinajstić information content (AvgIpc) is 3.62. The van der Waals surface area contributed by atoms with Crippen molar-refractivity contribution in [3.8, 4) is 0 Å². The lowest BCUT2D eigenvalue weighted by molar-refractivity contribution is -0.186. The Morgan fingerprint density at radius 2 is 1.19 bits per heavy atom. The van der Waals surface area contributed by atoms with E-state index in [9.17, 15) is 29.4 Å². The molecular formula is C46H68O8. The van der Waals surface area contributed by atoms with Gasteiger partial charge in [-0.05, 0) is 161 Å². The molecule has 0 saturated heterocycles. The number of carbonyl (C=O) groups excluding carboxylic acids is 4. The van der Waals surface area contributed by atoms with Crippen LogP contribution in [0.2, 0.25) is 0 Å². The van der Waals surface area contributed by atoms with Gasteiger partial charge in [-0.25, -0.2) is 0 Å². The van der Waals surface area contributed by atoms with Crippen LogP contribution in [0, 0.1) is 63.1 Å². The maximum absolute atomic E-state index is 12.8. The molecular weight excluding hydrogens is 680 g/mol. The van der Waals surface area contributed by atoms with Gasteiger partial charge in [-0.15, -0.1) is 0 Å². The van der Waals surface area contributed by atoms with E-state index in [1.165, 1.54) is 31.4 Å². The topological polar surface area (TPSA) is 127 Å². The summed E-state index contributed by atoms with van der Waals surface area (Å²) in [6, 6.07) is 0. The van der Waals surface area contributed by atoms with Crippen LogP contribution in [-0.2, 0) is 28.7 Å². The zero-order valence-electron chi connectivity index (χ0n) is 34.2. The van der Waals surface area contributed by atoms with Crippen molar-refractivity contribution in [3.63, 3.8) is 0 Å². The van der Waals surface area contributed by atoms with Crippen molar-refractivity contribution < 1.29 is 38.9 Å². The van der Waals surface area contributed by atoms with Crippen LogP contribution >= 0.6 is 0 Å². The number of esters is 2. The highest BCUT2D eigenvalue weighted by molar-refractivity contribution is 5.89. The van der Waals surface area contributed by atoms with Crippen LogP contribution in [0.15, 0.2) is 23.3 Å². The highest BCUT2D eigenvalue weighted by Gasteiger charge is 2.67. The Bertz CT molecular complexity index is 1590. The van der Waals surface area contributed by atoms with E-state index in [1.807, 2.05) is 0 Å². The highest BCUT2D eigenvalue weighted by atomic mass is 16.6. The molecule has 54 heavy (non-hydrogen) atoms. The summed E-state index contributed by atoms with van der Waals surface area (Å²) in [5, 5.41) is 20.3. The first-order chi connectivity index (χ1) is 25.4. The van der Waals surface area contributed by atoms with Crippen LogP contribution in [-0.4, -0.2) is 58.1 Å². The molecule has 8 heteroatoms. The van der Waals surface area contributed by atoms with Crippen molar-refractivity contribution >= 4 is 23.5 Å². The van der Waals surface area contributed by atoms with E-state index in [0.29, 0.717) is 41.9 Å². The van der Waals surface area contributed by atoms with Gasteiger partial charge < -0.3 is 19.7 Å². The number of aliphatic hydroxyl groups excluding tert-OH is 2. The van der Waals surface area contributed by atoms with Gasteiger partial charge in [0.2, 0.25) is 0 Å². The average molecular weight is 749 g/mol. The SMILES string of the molecule is CC(=O)OCC(=O)[C@H]1CCC2C3CC=C4C[C@@H](O)CC[C@]4(C)C3CC[C@@]21C.CC(=O)O[C@]1(C(C)=O)CC[C@H]2[C@@H]3CC=C4C[C@@H](O)CC[C@]4(C)[C@H]3CC[C@@]21C. The van der Waals surface area contributed by atoms with Crippen LogP contribution < -0.4 is 0 Å². The molecule has 3 unspecified atom stereocenters. The van der Waals surface area contributed by atoms with Gasteiger partial charge in [0, 0.05) is 25.2 Å². The Kier molecular flexibility index (Phi) is 10.5. The molecule has 0 aromatic heterocycles. The fourth-order valence-corrected chi connectivity index (χ4v) is 15.1. The molecule has 0 heterocycles. The number of ether oxygens (including phenoxy) is 2. The Balaban J connectivity index is 0.000000167. The third kappa shape index (κ3) is 6.21. The van der Waals surface area contributed by atoms with Crippen LogP contribution in [0.4, 0.5) is 0 Å². The lowest BCUT2D eigenvalue weighted by Crippen LogP contribution is -2.58. The maximum atomic E-state index is 12.8. The lowest BCUT2D eigenvalue weighted by Gasteiger charge is -2.59. The van der Waals surface area contributed by atoms with Gasteiger partial charge in [-0.2, -0.15) is 0 Å². The maximum Gasteiger partial charge on any atom is 0.303 e. The summed E-state index contributed by atoms with van der Waals surface area (Å²) in [6.45, 7) is 13.7. The first kappa shape index (κ1) is 39.9. The minimum Gasteiger partial charge on any atom is -0.458 e. The minimum atomic E-state index is -0.942. The van der Waals surface area contributed by atoms with Crippen molar-refractivity contribution in [1.82, 2.24) is 0 Å². The molecule has 14 atom stereocenters. The zero-order chi connectivity index (χ0) is 39.0. The van der Waals surface area contributed by atoms with Crippen LogP contribution in [0.25, 0.3) is 0 Å². The van der Waals surface area contributed by atoms with E-state index in [4.69, 9.17) is 9.47 Å². The fourth-order valence-electron chi connectivity index (χ4n) is 15.1. The van der Waals surface area contributed by atoms with Crippen molar-refractivity contribution in [2.45, 2.75) is 169 Å². The fraction of sp³-hybridized carbons (Fsp3) is 0.826. The summed E-state index contributed by atoms with van der Waals surface area (Å²) < 4.78 is 10.8. The number of ketones is 2. The normalized spacial score (nSPS) is 47.3. The molecule has 0 radical (unpaired) electrons. The molecule has 0 bridgehead atoms. The van der Waals surface area contributed by atoms with E-state index in [1.54, 1.807) is 6.92 Å². The molecule has 2 N–H and O–H groups in total. The van der Waals surface area contributed by atoms with Gasteiger partial charge in [-0.3, -0.25) is 19.2 Å². The monoisotopic (exact) mass is 748 g/mol. The molecule has 6 fully saturated rings. The minimum absolute atomic E-state index is 0.0141. The van der Waals surface area contributed by atoms with Crippen LogP contribution in [0.1, 0.15) is 151 Å². The summed E-state index contributed by atoms with van der Waals surface area (Å²) in [4.78, 5) is 48.5. The number of Topliss-reactive ketones (excluding diaryl/α,β-unsaturated/α-hetero) is 2. The Hall–Kier alpha value is -2.32. The van der Waals surface area contributed by atoms with E-state index in [2.05, 4.69) is 39.8 Å². The van der Waals surface area contributed by atoms with Crippen LogP contribution in [0.5, 0.6) is 0 Å². The number of fused-ring (bicyclic) bond motifs is 10. The van der Waals surface area contributed by atoms with Gasteiger partial charge in [-0.1, -0.05) is 51.0 Å². The molecule has 6 saturated carbocycles. The summed E-state index contributed by atoms with van der Waals surface area (Å²) in [5.41, 5.74) is 2.22. The molecule has 8 aliphatic rings.